The summed E-state index contributed by atoms with van der Waals surface area (Å²) in [4.78, 5) is 13.0. The van der Waals surface area contributed by atoms with Crippen LogP contribution in [0.2, 0.25) is 0 Å². The fourth-order valence-corrected chi connectivity index (χ4v) is 1.55. The highest BCUT2D eigenvalue weighted by Crippen LogP contribution is 2.08. The SMILES string of the molecule is CCCCNc1nc(NCC)nc(-n2cccn2)n1. The summed E-state index contributed by atoms with van der Waals surface area (Å²) >= 11 is 0. The van der Waals surface area contributed by atoms with Gasteiger partial charge in [0.2, 0.25) is 11.9 Å². The molecule has 2 aromatic heterocycles. The summed E-state index contributed by atoms with van der Waals surface area (Å²) in [7, 11) is 0. The van der Waals surface area contributed by atoms with Crippen molar-refractivity contribution in [1.29, 1.82) is 0 Å². The van der Waals surface area contributed by atoms with Gasteiger partial charge in [0.25, 0.3) is 5.95 Å². The van der Waals surface area contributed by atoms with Crippen LogP contribution in [0.1, 0.15) is 26.7 Å². The molecule has 0 bridgehead atoms. The lowest BCUT2D eigenvalue weighted by atomic mass is 10.3. The molecule has 0 saturated heterocycles. The number of unbranched alkanes of at least 4 members (excludes halogenated alkanes) is 1. The van der Waals surface area contributed by atoms with Gasteiger partial charge in [-0.05, 0) is 19.4 Å². The van der Waals surface area contributed by atoms with Crippen LogP contribution in [0.4, 0.5) is 11.9 Å². The predicted octanol–water partition coefficient (Wildman–Crippen LogP) is 1.70. The Labute approximate surface area is 112 Å². The molecule has 19 heavy (non-hydrogen) atoms. The Morgan fingerprint density at radius 1 is 1.11 bits per heavy atom. The lowest BCUT2D eigenvalue weighted by Crippen LogP contribution is -2.13. The van der Waals surface area contributed by atoms with Crippen molar-refractivity contribution in [2.45, 2.75) is 26.7 Å². The summed E-state index contributed by atoms with van der Waals surface area (Å²) in [6, 6.07) is 1.83. The van der Waals surface area contributed by atoms with Gasteiger partial charge < -0.3 is 10.6 Å². The lowest BCUT2D eigenvalue weighted by molar-refractivity contribution is 0.785. The van der Waals surface area contributed by atoms with E-state index in [1.165, 1.54) is 0 Å². The van der Waals surface area contributed by atoms with Gasteiger partial charge in [0.1, 0.15) is 0 Å². The van der Waals surface area contributed by atoms with Crippen molar-refractivity contribution in [1.82, 2.24) is 24.7 Å². The third-order valence-electron chi connectivity index (χ3n) is 2.48. The van der Waals surface area contributed by atoms with Crippen LogP contribution in [-0.4, -0.2) is 37.8 Å². The van der Waals surface area contributed by atoms with Gasteiger partial charge in [-0.2, -0.15) is 20.1 Å². The maximum atomic E-state index is 4.36. The zero-order valence-corrected chi connectivity index (χ0v) is 11.3. The minimum Gasteiger partial charge on any atom is -0.354 e. The maximum absolute atomic E-state index is 4.36. The van der Waals surface area contributed by atoms with E-state index >= 15 is 0 Å². The van der Waals surface area contributed by atoms with Crippen LogP contribution >= 0.6 is 0 Å². The molecule has 0 aliphatic rings. The van der Waals surface area contributed by atoms with E-state index in [1.807, 2.05) is 13.0 Å². The number of anilines is 2. The third-order valence-corrected chi connectivity index (χ3v) is 2.48. The Kier molecular flexibility index (Phi) is 4.66. The van der Waals surface area contributed by atoms with Crippen molar-refractivity contribution in [3.63, 3.8) is 0 Å². The second-order valence-electron chi connectivity index (χ2n) is 4.04. The molecule has 2 rings (SSSR count). The fourth-order valence-electron chi connectivity index (χ4n) is 1.55. The van der Waals surface area contributed by atoms with Crippen LogP contribution in [0, 0.1) is 0 Å². The van der Waals surface area contributed by atoms with Gasteiger partial charge in [-0.3, -0.25) is 0 Å². The van der Waals surface area contributed by atoms with E-state index in [2.05, 4.69) is 37.6 Å². The molecular weight excluding hydrogens is 242 g/mol. The molecule has 0 amide bonds. The summed E-state index contributed by atoms with van der Waals surface area (Å²) in [5.41, 5.74) is 0. The van der Waals surface area contributed by atoms with Crippen molar-refractivity contribution in [2.24, 2.45) is 0 Å². The minimum atomic E-state index is 0.509. The molecule has 0 aliphatic carbocycles. The molecule has 0 aliphatic heterocycles. The number of nitrogens with one attached hydrogen (secondary N) is 2. The molecule has 2 heterocycles. The van der Waals surface area contributed by atoms with E-state index in [-0.39, 0.29) is 0 Å². The molecule has 7 heteroatoms. The molecular formula is C12H19N7. The van der Waals surface area contributed by atoms with E-state index in [0.29, 0.717) is 17.8 Å². The Balaban J connectivity index is 2.22. The Morgan fingerprint density at radius 3 is 2.53 bits per heavy atom. The highest BCUT2D eigenvalue weighted by atomic mass is 15.4. The molecule has 7 nitrogen and oxygen atoms in total. The minimum absolute atomic E-state index is 0.509. The first kappa shape index (κ1) is 13.3. The van der Waals surface area contributed by atoms with Gasteiger partial charge in [-0.25, -0.2) is 4.68 Å². The topological polar surface area (TPSA) is 80.5 Å². The molecule has 0 saturated carbocycles. The molecule has 0 spiro atoms. The summed E-state index contributed by atoms with van der Waals surface area (Å²) < 4.78 is 1.62. The normalized spacial score (nSPS) is 10.4. The fraction of sp³-hybridized carbons (Fsp3) is 0.500. The zero-order chi connectivity index (χ0) is 13.5. The molecule has 0 unspecified atom stereocenters. The summed E-state index contributed by atoms with van der Waals surface area (Å²) in [5.74, 6) is 1.64. The summed E-state index contributed by atoms with van der Waals surface area (Å²) in [6.07, 6.45) is 5.71. The standard InChI is InChI=1S/C12H19N7/c1-3-5-7-14-11-16-10(13-4-2)17-12(18-11)19-9-6-8-15-19/h6,8-9H,3-5,7H2,1-2H3,(H2,13,14,16,17,18). The monoisotopic (exact) mass is 261 g/mol. The number of hydrogen-bond donors (Lipinski definition) is 2. The van der Waals surface area contributed by atoms with E-state index in [9.17, 15) is 0 Å². The van der Waals surface area contributed by atoms with Gasteiger partial charge in [-0.1, -0.05) is 13.3 Å². The number of rotatable bonds is 7. The van der Waals surface area contributed by atoms with Crippen LogP contribution in [0.5, 0.6) is 0 Å². The van der Waals surface area contributed by atoms with Crippen LogP contribution in [0.15, 0.2) is 18.5 Å². The first-order chi connectivity index (χ1) is 9.33. The third kappa shape index (κ3) is 3.64. The second kappa shape index (κ2) is 6.67. The molecule has 0 atom stereocenters. The Morgan fingerprint density at radius 2 is 1.89 bits per heavy atom. The average Bonchev–Trinajstić information content (AvgIpc) is 2.93. The average molecular weight is 261 g/mol. The van der Waals surface area contributed by atoms with Crippen LogP contribution < -0.4 is 10.6 Å². The van der Waals surface area contributed by atoms with E-state index < -0.39 is 0 Å². The number of nitrogens with zero attached hydrogens (tertiary/aromatic N) is 5. The van der Waals surface area contributed by atoms with Gasteiger partial charge in [0.05, 0.1) is 0 Å². The van der Waals surface area contributed by atoms with Gasteiger partial charge in [0.15, 0.2) is 0 Å². The molecule has 2 N–H and O–H groups in total. The highest BCUT2D eigenvalue weighted by Gasteiger charge is 2.07. The first-order valence-electron chi connectivity index (χ1n) is 6.57. The first-order valence-corrected chi connectivity index (χ1v) is 6.57. The van der Waals surface area contributed by atoms with Gasteiger partial charge in [-0.15, -0.1) is 0 Å². The maximum Gasteiger partial charge on any atom is 0.257 e. The van der Waals surface area contributed by atoms with E-state index in [1.54, 1.807) is 17.1 Å². The van der Waals surface area contributed by atoms with Crippen molar-refractivity contribution in [3.8, 4) is 5.95 Å². The quantitative estimate of drug-likeness (QED) is 0.738. The van der Waals surface area contributed by atoms with Crippen LogP contribution in [0.3, 0.4) is 0 Å². The molecule has 2 aromatic rings. The lowest BCUT2D eigenvalue weighted by Gasteiger charge is -2.08. The van der Waals surface area contributed by atoms with E-state index in [0.717, 1.165) is 25.9 Å². The molecule has 0 aromatic carbocycles. The Hall–Kier alpha value is -2.18. The van der Waals surface area contributed by atoms with Gasteiger partial charge in [0, 0.05) is 25.5 Å². The largest absolute Gasteiger partial charge is 0.354 e. The van der Waals surface area contributed by atoms with Crippen molar-refractivity contribution < 1.29 is 0 Å². The Bertz CT molecular complexity index is 495. The van der Waals surface area contributed by atoms with E-state index in [4.69, 9.17) is 0 Å². The summed E-state index contributed by atoms with van der Waals surface area (Å²) in [5, 5.41) is 10.4. The van der Waals surface area contributed by atoms with Crippen LogP contribution in [-0.2, 0) is 0 Å². The number of hydrogen-bond acceptors (Lipinski definition) is 6. The highest BCUT2D eigenvalue weighted by molar-refractivity contribution is 5.37. The van der Waals surface area contributed by atoms with Crippen molar-refractivity contribution in [2.75, 3.05) is 23.7 Å². The molecule has 0 radical (unpaired) electrons. The van der Waals surface area contributed by atoms with Crippen molar-refractivity contribution >= 4 is 11.9 Å². The smallest absolute Gasteiger partial charge is 0.257 e. The number of aromatic nitrogens is 5. The zero-order valence-electron chi connectivity index (χ0n) is 11.3. The predicted molar refractivity (Wildman–Crippen MR) is 74.5 cm³/mol. The molecule has 102 valence electrons. The summed E-state index contributed by atoms with van der Waals surface area (Å²) in [6.45, 7) is 5.76. The van der Waals surface area contributed by atoms with Gasteiger partial charge >= 0.3 is 0 Å². The molecule has 0 fully saturated rings. The van der Waals surface area contributed by atoms with Crippen LogP contribution in [0.25, 0.3) is 5.95 Å². The second-order valence-corrected chi connectivity index (χ2v) is 4.04. The van der Waals surface area contributed by atoms with Crippen molar-refractivity contribution in [3.05, 3.63) is 18.5 Å².